The van der Waals surface area contributed by atoms with Gasteiger partial charge in [-0.1, -0.05) is 12.1 Å². The third-order valence-corrected chi connectivity index (χ3v) is 5.05. The lowest BCUT2D eigenvalue weighted by atomic mass is 10.0. The van der Waals surface area contributed by atoms with Crippen molar-refractivity contribution >= 4 is 11.8 Å². The van der Waals surface area contributed by atoms with E-state index in [0.29, 0.717) is 39.1 Å². The van der Waals surface area contributed by atoms with Gasteiger partial charge in [0.15, 0.2) is 0 Å². The number of rotatable bonds is 3. The fourth-order valence-electron chi connectivity index (χ4n) is 3.63. The molecule has 7 heteroatoms. The Balaban J connectivity index is 1.61. The molecular weight excluding hydrogens is 325 g/mol. The largest absolute Gasteiger partial charge is 0.392 e. The first kappa shape index (κ1) is 17.8. The third kappa shape index (κ3) is 4.16. The summed E-state index contributed by atoms with van der Waals surface area (Å²) in [6.45, 7) is 4.39. The number of β-amino-alcohol motifs (C(OH)–C–C–N with tert-alkyl or cyclic N) is 1. The number of nitrogens with zero attached hydrogens (tertiary/aromatic N) is 3. The van der Waals surface area contributed by atoms with Crippen LogP contribution in [-0.4, -0.2) is 77.0 Å². The molecule has 2 fully saturated rings. The average molecular weight is 349 g/mol. The Labute approximate surface area is 146 Å². The van der Waals surface area contributed by atoms with Crippen LogP contribution < -0.4 is 0 Å². The van der Waals surface area contributed by atoms with Crippen LogP contribution in [0.2, 0.25) is 0 Å². The molecule has 2 aliphatic rings. The normalized spacial score (nSPS) is 24.6. The molecule has 2 atom stereocenters. The zero-order valence-corrected chi connectivity index (χ0v) is 14.4. The topological polar surface area (TPSA) is 64.1 Å². The smallest absolute Gasteiger partial charge is 0.236 e. The van der Waals surface area contributed by atoms with Crippen LogP contribution in [0.5, 0.6) is 0 Å². The molecule has 2 aliphatic heterocycles. The monoisotopic (exact) mass is 349 g/mol. The van der Waals surface area contributed by atoms with Crippen LogP contribution >= 0.6 is 0 Å². The Bertz CT molecular complexity index is 629. The lowest BCUT2D eigenvalue weighted by Gasteiger charge is -2.35. The van der Waals surface area contributed by atoms with E-state index in [-0.39, 0.29) is 30.2 Å². The summed E-state index contributed by atoms with van der Waals surface area (Å²) in [5.74, 6) is -0.260. The second kappa shape index (κ2) is 7.49. The lowest BCUT2D eigenvalue weighted by molar-refractivity contribution is -0.139. The van der Waals surface area contributed by atoms with E-state index in [2.05, 4.69) is 0 Å². The van der Waals surface area contributed by atoms with Crippen molar-refractivity contribution in [3.63, 3.8) is 0 Å². The van der Waals surface area contributed by atoms with E-state index >= 15 is 0 Å². The molecule has 0 spiro atoms. The Morgan fingerprint density at radius 3 is 2.32 bits per heavy atom. The van der Waals surface area contributed by atoms with Gasteiger partial charge >= 0.3 is 0 Å². The number of aliphatic hydroxyl groups excluding tert-OH is 1. The SMILES string of the molecule is CC(=O)N1CCN(C(=O)CN2C[C@@H](O)C[C@H]2c2ccc(F)cc2)CC1. The molecule has 25 heavy (non-hydrogen) atoms. The number of hydrogen-bond acceptors (Lipinski definition) is 4. The number of piperazine rings is 1. The van der Waals surface area contributed by atoms with Crippen molar-refractivity contribution in [1.29, 1.82) is 0 Å². The van der Waals surface area contributed by atoms with E-state index in [1.807, 2.05) is 4.90 Å². The van der Waals surface area contributed by atoms with E-state index in [9.17, 15) is 19.1 Å². The lowest BCUT2D eigenvalue weighted by Crippen LogP contribution is -2.52. The first-order chi connectivity index (χ1) is 11.9. The summed E-state index contributed by atoms with van der Waals surface area (Å²) in [6, 6.07) is 6.14. The molecule has 3 rings (SSSR count). The molecule has 0 unspecified atom stereocenters. The first-order valence-electron chi connectivity index (χ1n) is 8.65. The number of aliphatic hydroxyl groups is 1. The van der Waals surface area contributed by atoms with E-state index in [1.165, 1.54) is 19.1 Å². The van der Waals surface area contributed by atoms with Crippen molar-refractivity contribution in [2.24, 2.45) is 0 Å². The minimum absolute atomic E-state index is 0.00409. The number of hydrogen-bond donors (Lipinski definition) is 1. The molecule has 1 aromatic carbocycles. The summed E-state index contributed by atoms with van der Waals surface area (Å²) in [4.78, 5) is 29.4. The molecule has 2 amide bonds. The van der Waals surface area contributed by atoms with E-state index < -0.39 is 6.10 Å². The number of carbonyl (C=O) groups excluding carboxylic acids is 2. The molecule has 0 bridgehead atoms. The Hall–Kier alpha value is -1.99. The van der Waals surface area contributed by atoms with Crippen LogP contribution in [0.4, 0.5) is 4.39 Å². The fraction of sp³-hybridized carbons (Fsp3) is 0.556. The Morgan fingerprint density at radius 2 is 1.72 bits per heavy atom. The number of halogens is 1. The second-order valence-corrected chi connectivity index (χ2v) is 6.77. The van der Waals surface area contributed by atoms with Crippen molar-refractivity contribution in [3.05, 3.63) is 35.6 Å². The van der Waals surface area contributed by atoms with Gasteiger partial charge in [-0.3, -0.25) is 14.5 Å². The molecule has 0 saturated carbocycles. The molecule has 6 nitrogen and oxygen atoms in total. The fourth-order valence-corrected chi connectivity index (χ4v) is 3.63. The summed E-state index contributed by atoms with van der Waals surface area (Å²) in [6.07, 6.45) is 0.0502. The van der Waals surface area contributed by atoms with Gasteiger partial charge in [0, 0.05) is 45.7 Å². The second-order valence-electron chi connectivity index (χ2n) is 6.77. The molecule has 136 valence electrons. The van der Waals surface area contributed by atoms with Crippen molar-refractivity contribution in [2.45, 2.75) is 25.5 Å². The predicted octanol–water partition coefficient (Wildman–Crippen LogP) is 0.624. The summed E-state index contributed by atoms with van der Waals surface area (Å²) in [5, 5.41) is 10.0. The highest BCUT2D eigenvalue weighted by Crippen LogP contribution is 2.32. The summed E-state index contributed by atoms with van der Waals surface area (Å²) >= 11 is 0. The number of likely N-dealkylation sites (tertiary alicyclic amines) is 1. The van der Waals surface area contributed by atoms with Crippen LogP contribution in [0.3, 0.4) is 0 Å². The van der Waals surface area contributed by atoms with Gasteiger partial charge in [-0.25, -0.2) is 4.39 Å². The van der Waals surface area contributed by atoms with Crippen LogP contribution in [0.15, 0.2) is 24.3 Å². The van der Waals surface area contributed by atoms with Crippen molar-refractivity contribution in [1.82, 2.24) is 14.7 Å². The van der Waals surface area contributed by atoms with Crippen LogP contribution in [0.25, 0.3) is 0 Å². The Kier molecular flexibility index (Phi) is 5.34. The van der Waals surface area contributed by atoms with Crippen LogP contribution in [-0.2, 0) is 9.59 Å². The summed E-state index contributed by atoms with van der Waals surface area (Å²) in [7, 11) is 0. The summed E-state index contributed by atoms with van der Waals surface area (Å²) < 4.78 is 13.1. The highest BCUT2D eigenvalue weighted by molar-refractivity contribution is 5.79. The number of benzene rings is 1. The van der Waals surface area contributed by atoms with Gasteiger partial charge in [0.05, 0.1) is 12.6 Å². The zero-order chi connectivity index (χ0) is 18.0. The van der Waals surface area contributed by atoms with Crippen LogP contribution in [0.1, 0.15) is 24.9 Å². The van der Waals surface area contributed by atoms with Gasteiger partial charge in [-0.05, 0) is 24.1 Å². The summed E-state index contributed by atoms with van der Waals surface area (Å²) in [5.41, 5.74) is 0.909. The average Bonchev–Trinajstić information content (AvgIpc) is 2.96. The van der Waals surface area contributed by atoms with Gasteiger partial charge in [0.1, 0.15) is 5.82 Å². The number of carbonyl (C=O) groups is 2. The molecule has 0 radical (unpaired) electrons. The molecule has 0 aliphatic carbocycles. The van der Waals surface area contributed by atoms with Crippen molar-refractivity contribution < 1.29 is 19.1 Å². The highest BCUT2D eigenvalue weighted by Gasteiger charge is 2.34. The maximum atomic E-state index is 13.1. The van der Waals surface area contributed by atoms with Gasteiger partial charge in [-0.2, -0.15) is 0 Å². The minimum Gasteiger partial charge on any atom is -0.392 e. The quantitative estimate of drug-likeness (QED) is 0.869. The maximum absolute atomic E-state index is 13.1. The van der Waals surface area contributed by atoms with Gasteiger partial charge < -0.3 is 14.9 Å². The molecular formula is C18H24FN3O3. The maximum Gasteiger partial charge on any atom is 0.236 e. The molecule has 1 N–H and O–H groups in total. The minimum atomic E-state index is -0.489. The van der Waals surface area contributed by atoms with E-state index in [4.69, 9.17) is 0 Å². The van der Waals surface area contributed by atoms with Gasteiger partial charge in [0.2, 0.25) is 11.8 Å². The van der Waals surface area contributed by atoms with Gasteiger partial charge in [-0.15, -0.1) is 0 Å². The van der Waals surface area contributed by atoms with E-state index in [1.54, 1.807) is 21.9 Å². The highest BCUT2D eigenvalue weighted by atomic mass is 19.1. The third-order valence-electron chi connectivity index (χ3n) is 5.05. The van der Waals surface area contributed by atoms with E-state index in [0.717, 1.165) is 5.56 Å². The predicted molar refractivity (Wildman–Crippen MR) is 90.2 cm³/mol. The standard InChI is InChI=1S/C18H24FN3O3/c1-13(23)20-6-8-21(9-7-20)18(25)12-22-11-16(24)10-17(22)14-2-4-15(19)5-3-14/h2-5,16-17,24H,6-12H2,1H3/t16-,17-/m0/s1. The molecule has 1 aromatic rings. The molecule has 0 aromatic heterocycles. The van der Waals surface area contributed by atoms with Crippen LogP contribution in [0, 0.1) is 5.82 Å². The van der Waals surface area contributed by atoms with Crippen molar-refractivity contribution in [3.8, 4) is 0 Å². The zero-order valence-electron chi connectivity index (χ0n) is 14.4. The first-order valence-corrected chi connectivity index (χ1v) is 8.65. The molecule has 2 saturated heterocycles. The molecule has 2 heterocycles. The van der Waals surface area contributed by atoms with Gasteiger partial charge in [0.25, 0.3) is 0 Å². The van der Waals surface area contributed by atoms with Crippen molar-refractivity contribution in [2.75, 3.05) is 39.3 Å². The Morgan fingerprint density at radius 1 is 1.12 bits per heavy atom. The number of amides is 2.